The Bertz CT molecular complexity index is 536. The van der Waals surface area contributed by atoms with Gasteiger partial charge < -0.3 is 19.6 Å². The highest BCUT2D eigenvalue weighted by atomic mass is 16.5. The number of benzene rings is 1. The molecule has 0 aliphatic carbocycles. The lowest BCUT2D eigenvalue weighted by Crippen LogP contribution is -2.28. The lowest BCUT2D eigenvalue weighted by molar-refractivity contribution is 0.0915. The monoisotopic (exact) mass is 261 g/mol. The molecule has 1 aromatic heterocycles. The van der Waals surface area contributed by atoms with E-state index >= 15 is 0 Å². The van der Waals surface area contributed by atoms with E-state index in [0.29, 0.717) is 16.9 Å². The number of methoxy groups -OCH3 is 1. The van der Waals surface area contributed by atoms with Crippen molar-refractivity contribution < 1.29 is 19.1 Å². The van der Waals surface area contributed by atoms with Gasteiger partial charge in [-0.15, -0.1) is 0 Å². The average molecular weight is 261 g/mol. The van der Waals surface area contributed by atoms with Gasteiger partial charge in [-0.1, -0.05) is 12.1 Å². The zero-order valence-corrected chi connectivity index (χ0v) is 10.5. The summed E-state index contributed by atoms with van der Waals surface area (Å²) in [6, 6.07) is 8.65. The molecule has 0 saturated heterocycles. The van der Waals surface area contributed by atoms with E-state index < -0.39 is 6.10 Å². The molecule has 1 amide bonds. The Morgan fingerprint density at radius 2 is 2.32 bits per heavy atom. The Morgan fingerprint density at radius 1 is 1.47 bits per heavy atom. The molecular weight excluding hydrogens is 246 g/mol. The summed E-state index contributed by atoms with van der Waals surface area (Å²) in [6.45, 7) is 0.122. The van der Waals surface area contributed by atoms with Crippen molar-refractivity contribution in [1.29, 1.82) is 0 Å². The maximum Gasteiger partial charge on any atom is 0.254 e. The van der Waals surface area contributed by atoms with E-state index in [9.17, 15) is 9.90 Å². The summed E-state index contributed by atoms with van der Waals surface area (Å²) in [4.78, 5) is 11.7. The summed E-state index contributed by atoms with van der Waals surface area (Å²) in [5, 5.41) is 12.6. The third kappa shape index (κ3) is 3.35. The SMILES string of the molecule is COc1cccc([C@@H](O)CNC(=O)c2ccoc2)c1. The van der Waals surface area contributed by atoms with Crippen LogP contribution in [0.5, 0.6) is 5.75 Å². The van der Waals surface area contributed by atoms with E-state index in [-0.39, 0.29) is 12.5 Å². The van der Waals surface area contributed by atoms with Gasteiger partial charge in [0, 0.05) is 6.54 Å². The number of hydrogen-bond donors (Lipinski definition) is 2. The molecule has 0 spiro atoms. The molecule has 0 unspecified atom stereocenters. The summed E-state index contributed by atoms with van der Waals surface area (Å²) >= 11 is 0. The number of carbonyl (C=O) groups is 1. The molecule has 5 heteroatoms. The van der Waals surface area contributed by atoms with Crippen molar-refractivity contribution >= 4 is 5.91 Å². The summed E-state index contributed by atoms with van der Waals surface area (Å²) in [5.74, 6) is 0.383. The zero-order chi connectivity index (χ0) is 13.7. The molecule has 2 aromatic rings. The van der Waals surface area contributed by atoms with Crippen LogP contribution in [0, 0.1) is 0 Å². The van der Waals surface area contributed by atoms with E-state index in [1.54, 1.807) is 37.4 Å². The molecule has 2 rings (SSSR count). The Balaban J connectivity index is 1.93. The molecule has 100 valence electrons. The van der Waals surface area contributed by atoms with E-state index in [0.717, 1.165) is 0 Å². The van der Waals surface area contributed by atoms with E-state index in [1.807, 2.05) is 0 Å². The largest absolute Gasteiger partial charge is 0.497 e. The smallest absolute Gasteiger partial charge is 0.254 e. The highest BCUT2D eigenvalue weighted by Crippen LogP contribution is 2.18. The van der Waals surface area contributed by atoms with Crippen LogP contribution in [0.4, 0.5) is 0 Å². The lowest BCUT2D eigenvalue weighted by Gasteiger charge is -2.12. The second-order valence-electron chi connectivity index (χ2n) is 4.01. The highest BCUT2D eigenvalue weighted by Gasteiger charge is 2.12. The summed E-state index contributed by atoms with van der Waals surface area (Å²) in [7, 11) is 1.56. The van der Waals surface area contributed by atoms with E-state index in [1.165, 1.54) is 12.5 Å². The molecule has 0 aliphatic heterocycles. The Morgan fingerprint density at radius 3 is 3.00 bits per heavy atom. The average Bonchev–Trinajstić information content (AvgIpc) is 2.98. The number of furan rings is 1. The predicted octanol–water partition coefficient (Wildman–Crippen LogP) is 1.75. The fourth-order valence-electron chi connectivity index (χ4n) is 1.65. The first-order chi connectivity index (χ1) is 9.20. The van der Waals surface area contributed by atoms with Gasteiger partial charge in [0.2, 0.25) is 0 Å². The minimum absolute atomic E-state index is 0.122. The zero-order valence-electron chi connectivity index (χ0n) is 10.5. The number of ether oxygens (including phenoxy) is 1. The number of hydrogen-bond acceptors (Lipinski definition) is 4. The van der Waals surface area contributed by atoms with Gasteiger partial charge in [-0.25, -0.2) is 0 Å². The fraction of sp³-hybridized carbons (Fsp3) is 0.214. The van der Waals surface area contributed by atoms with Gasteiger partial charge in [0.15, 0.2) is 0 Å². The van der Waals surface area contributed by atoms with Crippen molar-refractivity contribution in [2.24, 2.45) is 0 Å². The van der Waals surface area contributed by atoms with Crippen LogP contribution in [0.1, 0.15) is 22.0 Å². The molecule has 0 saturated carbocycles. The number of aliphatic hydroxyl groups excluding tert-OH is 1. The third-order valence-electron chi connectivity index (χ3n) is 2.72. The van der Waals surface area contributed by atoms with Gasteiger partial charge in [-0.2, -0.15) is 0 Å². The van der Waals surface area contributed by atoms with Crippen LogP contribution in [0.25, 0.3) is 0 Å². The van der Waals surface area contributed by atoms with Gasteiger partial charge in [-0.05, 0) is 23.8 Å². The Kier molecular flexibility index (Phi) is 4.20. The standard InChI is InChI=1S/C14H15NO4/c1-18-12-4-2-3-10(7-12)13(16)8-15-14(17)11-5-6-19-9-11/h2-7,9,13,16H,8H2,1H3,(H,15,17)/t13-/m0/s1. The molecular formula is C14H15NO4. The molecule has 0 bridgehead atoms. The first kappa shape index (κ1) is 13.2. The van der Waals surface area contributed by atoms with Crippen LogP contribution in [0.15, 0.2) is 47.3 Å². The number of rotatable bonds is 5. The van der Waals surface area contributed by atoms with Gasteiger partial charge in [0.25, 0.3) is 5.91 Å². The van der Waals surface area contributed by atoms with Gasteiger partial charge >= 0.3 is 0 Å². The summed E-state index contributed by atoms with van der Waals surface area (Å²) < 4.78 is 9.90. The molecule has 1 atom stereocenters. The molecule has 1 heterocycles. The predicted molar refractivity (Wildman–Crippen MR) is 69.0 cm³/mol. The van der Waals surface area contributed by atoms with Crippen LogP contribution < -0.4 is 10.1 Å². The number of aliphatic hydroxyl groups is 1. The third-order valence-corrected chi connectivity index (χ3v) is 2.72. The van der Waals surface area contributed by atoms with E-state index in [4.69, 9.17) is 9.15 Å². The fourth-order valence-corrected chi connectivity index (χ4v) is 1.65. The van der Waals surface area contributed by atoms with Crippen molar-refractivity contribution in [3.05, 3.63) is 54.0 Å². The molecule has 1 aromatic carbocycles. The summed E-state index contributed by atoms with van der Waals surface area (Å²) in [6.07, 6.45) is 1.99. The number of carbonyl (C=O) groups excluding carboxylic acids is 1. The van der Waals surface area contributed by atoms with Crippen LogP contribution in [0.3, 0.4) is 0 Å². The van der Waals surface area contributed by atoms with Crippen LogP contribution >= 0.6 is 0 Å². The minimum Gasteiger partial charge on any atom is -0.497 e. The maximum atomic E-state index is 11.7. The van der Waals surface area contributed by atoms with Crippen molar-refractivity contribution in [2.45, 2.75) is 6.10 Å². The van der Waals surface area contributed by atoms with Gasteiger partial charge in [-0.3, -0.25) is 4.79 Å². The second kappa shape index (κ2) is 6.06. The number of amides is 1. The molecule has 0 fully saturated rings. The molecule has 0 aliphatic rings. The molecule has 5 nitrogen and oxygen atoms in total. The van der Waals surface area contributed by atoms with Crippen molar-refractivity contribution in [3.8, 4) is 5.75 Å². The number of nitrogens with one attached hydrogen (secondary N) is 1. The van der Waals surface area contributed by atoms with E-state index in [2.05, 4.69) is 5.32 Å². The lowest BCUT2D eigenvalue weighted by atomic mass is 10.1. The Labute approximate surface area is 110 Å². The molecule has 2 N–H and O–H groups in total. The first-order valence-corrected chi connectivity index (χ1v) is 5.83. The normalized spacial score (nSPS) is 11.9. The van der Waals surface area contributed by atoms with Crippen LogP contribution in [-0.4, -0.2) is 24.7 Å². The van der Waals surface area contributed by atoms with Crippen molar-refractivity contribution in [1.82, 2.24) is 5.32 Å². The molecule has 0 radical (unpaired) electrons. The minimum atomic E-state index is -0.786. The maximum absolute atomic E-state index is 11.7. The highest BCUT2D eigenvalue weighted by molar-refractivity contribution is 5.93. The van der Waals surface area contributed by atoms with Crippen LogP contribution in [-0.2, 0) is 0 Å². The first-order valence-electron chi connectivity index (χ1n) is 5.83. The quantitative estimate of drug-likeness (QED) is 0.860. The van der Waals surface area contributed by atoms with Crippen molar-refractivity contribution in [2.75, 3.05) is 13.7 Å². The van der Waals surface area contributed by atoms with Crippen molar-refractivity contribution in [3.63, 3.8) is 0 Å². The second-order valence-corrected chi connectivity index (χ2v) is 4.01. The van der Waals surface area contributed by atoms with Gasteiger partial charge in [0.1, 0.15) is 12.0 Å². The van der Waals surface area contributed by atoms with Gasteiger partial charge in [0.05, 0.1) is 25.0 Å². The topological polar surface area (TPSA) is 71.7 Å². The summed E-state index contributed by atoms with van der Waals surface area (Å²) in [5.41, 5.74) is 1.12. The Hall–Kier alpha value is -2.27. The molecule has 19 heavy (non-hydrogen) atoms. The van der Waals surface area contributed by atoms with Crippen LogP contribution in [0.2, 0.25) is 0 Å².